The van der Waals surface area contributed by atoms with Crippen LogP contribution in [0.25, 0.3) is 0 Å². The van der Waals surface area contributed by atoms with E-state index in [2.05, 4.69) is 22.4 Å². The molecule has 2 heterocycles. The van der Waals surface area contributed by atoms with Crippen molar-refractivity contribution in [3.8, 4) is 0 Å². The first kappa shape index (κ1) is 11.5. The maximum atomic E-state index is 5.62. The summed E-state index contributed by atoms with van der Waals surface area (Å²) in [7, 11) is 1.89. The molecule has 1 aromatic heterocycles. The van der Waals surface area contributed by atoms with Crippen LogP contribution < -0.4 is 11.3 Å². The lowest BCUT2D eigenvalue weighted by Gasteiger charge is -2.24. The predicted molar refractivity (Wildman–Crippen MR) is 59.3 cm³/mol. The Morgan fingerprint density at radius 2 is 2.56 bits per heavy atom. The van der Waals surface area contributed by atoms with Crippen molar-refractivity contribution in [1.82, 2.24) is 20.2 Å². The fraction of sp³-hybridized carbons (Fsp3) is 0.800. The summed E-state index contributed by atoms with van der Waals surface area (Å²) in [5.74, 6) is 7.01. The summed E-state index contributed by atoms with van der Waals surface area (Å²) in [4.78, 5) is 4.22. The van der Waals surface area contributed by atoms with E-state index in [1.54, 1.807) is 11.0 Å². The van der Waals surface area contributed by atoms with Gasteiger partial charge in [-0.3, -0.25) is 16.0 Å². The highest BCUT2D eigenvalue weighted by Gasteiger charge is 2.32. The van der Waals surface area contributed by atoms with E-state index >= 15 is 0 Å². The quantitative estimate of drug-likeness (QED) is 0.539. The third-order valence-electron chi connectivity index (χ3n) is 3.37. The van der Waals surface area contributed by atoms with E-state index in [0.717, 1.165) is 25.3 Å². The molecular formula is C10H19N5O. The number of hydrogen-bond acceptors (Lipinski definition) is 5. The van der Waals surface area contributed by atoms with E-state index in [1.807, 2.05) is 7.05 Å². The highest BCUT2D eigenvalue weighted by Crippen LogP contribution is 2.25. The normalized spacial score (nSPS) is 27.2. The van der Waals surface area contributed by atoms with Gasteiger partial charge in [-0.05, 0) is 13.3 Å². The molecule has 6 nitrogen and oxygen atoms in total. The molecule has 0 aliphatic carbocycles. The van der Waals surface area contributed by atoms with Crippen LogP contribution in [0.3, 0.4) is 0 Å². The van der Waals surface area contributed by atoms with Crippen molar-refractivity contribution in [1.29, 1.82) is 0 Å². The number of nitrogens with zero attached hydrogens (tertiary/aromatic N) is 3. The number of rotatable bonds is 4. The van der Waals surface area contributed by atoms with E-state index < -0.39 is 0 Å². The number of ether oxygens (including phenoxy) is 1. The Morgan fingerprint density at radius 3 is 3.06 bits per heavy atom. The molecule has 3 unspecified atom stereocenters. The molecule has 6 heteroatoms. The zero-order chi connectivity index (χ0) is 11.5. The molecule has 1 aromatic rings. The summed E-state index contributed by atoms with van der Waals surface area (Å²) < 4.78 is 7.34. The van der Waals surface area contributed by atoms with Crippen molar-refractivity contribution < 1.29 is 4.74 Å². The number of nitrogens with two attached hydrogens (primary N) is 1. The molecule has 0 bridgehead atoms. The second-order valence-electron chi connectivity index (χ2n) is 4.31. The summed E-state index contributed by atoms with van der Waals surface area (Å²) in [6, 6.07) is 0.195. The monoisotopic (exact) mass is 225 g/mol. The van der Waals surface area contributed by atoms with Gasteiger partial charge in [0.15, 0.2) is 0 Å². The van der Waals surface area contributed by atoms with Crippen molar-refractivity contribution in [3.63, 3.8) is 0 Å². The number of hydrazine groups is 1. The van der Waals surface area contributed by atoms with Gasteiger partial charge in [-0.2, -0.15) is 5.10 Å². The standard InChI is InChI=1S/C10H19N5O/c1-7-8(3-4-16-7)9(14-11)5-10-12-6-13-15(10)2/h6-9,14H,3-5,11H2,1-2H3. The third kappa shape index (κ3) is 2.23. The topological polar surface area (TPSA) is 78.0 Å². The van der Waals surface area contributed by atoms with Gasteiger partial charge < -0.3 is 4.74 Å². The van der Waals surface area contributed by atoms with E-state index in [4.69, 9.17) is 10.6 Å². The Hall–Kier alpha value is -0.980. The van der Waals surface area contributed by atoms with Gasteiger partial charge in [0.2, 0.25) is 0 Å². The summed E-state index contributed by atoms with van der Waals surface area (Å²) in [6.45, 7) is 2.92. The third-order valence-corrected chi connectivity index (χ3v) is 3.37. The Labute approximate surface area is 95.1 Å². The highest BCUT2D eigenvalue weighted by molar-refractivity contribution is 4.93. The molecular weight excluding hydrogens is 206 g/mol. The van der Waals surface area contributed by atoms with E-state index in [1.165, 1.54) is 0 Å². The van der Waals surface area contributed by atoms with Crippen molar-refractivity contribution in [3.05, 3.63) is 12.2 Å². The molecule has 3 N–H and O–H groups in total. The molecule has 3 atom stereocenters. The smallest absolute Gasteiger partial charge is 0.138 e. The van der Waals surface area contributed by atoms with E-state index in [9.17, 15) is 0 Å². The molecule has 90 valence electrons. The molecule has 0 radical (unpaired) electrons. The lowest BCUT2D eigenvalue weighted by Crippen LogP contribution is -2.45. The van der Waals surface area contributed by atoms with Crippen LogP contribution in [0, 0.1) is 5.92 Å². The van der Waals surface area contributed by atoms with Gasteiger partial charge in [0.25, 0.3) is 0 Å². The molecule has 1 saturated heterocycles. The van der Waals surface area contributed by atoms with E-state index in [-0.39, 0.29) is 12.1 Å². The second kappa shape index (κ2) is 4.90. The van der Waals surface area contributed by atoms with E-state index in [0.29, 0.717) is 5.92 Å². The van der Waals surface area contributed by atoms with Crippen LogP contribution in [-0.4, -0.2) is 33.5 Å². The first-order chi connectivity index (χ1) is 7.72. The fourth-order valence-electron chi connectivity index (χ4n) is 2.31. The maximum Gasteiger partial charge on any atom is 0.138 e. The van der Waals surface area contributed by atoms with Crippen molar-refractivity contribution in [2.24, 2.45) is 18.8 Å². The predicted octanol–water partition coefficient (Wildman–Crippen LogP) is -0.385. The minimum absolute atomic E-state index is 0.195. The van der Waals surface area contributed by atoms with Crippen LogP contribution in [0.15, 0.2) is 6.33 Å². The molecule has 1 aliphatic heterocycles. The zero-order valence-corrected chi connectivity index (χ0v) is 9.76. The summed E-state index contributed by atoms with van der Waals surface area (Å²) in [6.07, 6.45) is 3.66. The number of aryl methyl sites for hydroxylation is 1. The van der Waals surface area contributed by atoms with Crippen LogP contribution in [0.4, 0.5) is 0 Å². The van der Waals surface area contributed by atoms with Crippen molar-refractivity contribution in [2.75, 3.05) is 6.61 Å². The lowest BCUT2D eigenvalue weighted by atomic mass is 9.91. The Kier molecular flexibility index (Phi) is 3.52. The number of aromatic nitrogens is 3. The largest absolute Gasteiger partial charge is 0.378 e. The Morgan fingerprint density at radius 1 is 1.75 bits per heavy atom. The molecule has 2 rings (SSSR count). The average Bonchev–Trinajstić information content (AvgIpc) is 2.85. The second-order valence-corrected chi connectivity index (χ2v) is 4.31. The molecule has 16 heavy (non-hydrogen) atoms. The number of hydrogen-bond donors (Lipinski definition) is 2. The fourth-order valence-corrected chi connectivity index (χ4v) is 2.31. The maximum absolute atomic E-state index is 5.62. The molecule has 1 fully saturated rings. The highest BCUT2D eigenvalue weighted by atomic mass is 16.5. The van der Waals surface area contributed by atoms with Gasteiger partial charge in [-0.1, -0.05) is 0 Å². The Balaban J connectivity index is 2.03. The number of nitrogens with one attached hydrogen (secondary N) is 1. The van der Waals surface area contributed by atoms with Crippen LogP contribution in [0.5, 0.6) is 0 Å². The van der Waals surface area contributed by atoms with Crippen molar-refractivity contribution in [2.45, 2.75) is 31.9 Å². The van der Waals surface area contributed by atoms with Crippen LogP contribution in [0.1, 0.15) is 19.2 Å². The summed E-state index contributed by atoms with van der Waals surface area (Å²) in [5, 5.41) is 4.06. The van der Waals surface area contributed by atoms with Gasteiger partial charge in [0.1, 0.15) is 12.2 Å². The summed E-state index contributed by atoms with van der Waals surface area (Å²) >= 11 is 0. The molecule has 0 aromatic carbocycles. The average molecular weight is 225 g/mol. The molecule has 0 spiro atoms. The van der Waals surface area contributed by atoms with Crippen LogP contribution >= 0.6 is 0 Å². The SMILES string of the molecule is CC1OCCC1C(Cc1ncnn1C)NN. The zero-order valence-electron chi connectivity index (χ0n) is 9.76. The minimum Gasteiger partial charge on any atom is -0.378 e. The van der Waals surface area contributed by atoms with Gasteiger partial charge >= 0.3 is 0 Å². The van der Waals surface area contributed by atoms with Gasteiger partial charge in [0.05, 0.1) is 6.10 Å². The van der Waals surface area contributed by atoms with Crippen LogP contribution in [0.2, 0.25) is 0 Å². The van der Waals surface area contributed by atoms with Gasteiger partial charge in [-0.15, -0.1) is 0 Å². The lowest BCUT2D eigenvalue weighted by molar-refractivity contribution is 0.0950. The first-order valence-electron chi connectivity index (χ1n) is 5.63. The molecule has 1 aliphatic rings. The van der Waals surface area contributed by atoms with Crippen molar-refractivity contribution >= 4 is 0 Å². The minimum atomic E-state index is 0.195. The first-order valence-corrected chi connectivity index (χ1v) is 5.63. The van der Waals surface area contributed by atoms with Gasteiger partial charge in [0, 0.05) is 32.0 Å². The summed E-state index contributed by atoms with van der Waals surface area (Å²) in [5.41, 5.74) is 2.88. The Bertz CT molecular complexity index is 340. The van der Waals surface area contributed by atoms with Gasteiger partial charge in [-0.25, -0.2) is 4.98 Å². The van der Waals surface area contributed by atoms with Crippen LogP contribution in [-0.2, 0) is 18.2 Å². The molecule has 0 amide bonds. The molecule has 0 saturated carbocycles.